The predicted molar refractivity (Wildman–Crippen MR) is 121 cm³/mol. The Morgan fingerprint density at radius 1 is 0.971 bits per heavy atom. The number of methoxy groups -OCH3 is 1. The minimum absolute atomic E-state index is 0.0236. The van der Waals surface area contributed by atoms with Crippen molar-refractivity contribution in [2.24, 2.45) is 0 Å². The van der Waals surface area contributed by atoms with Gasteiger partial charge in [0.15, 0.2) is 16.8 Å². The Morgan fingerprint density at radius 3 is 2.29 bits per heavy atom. The van der Waals surface area contributed by atoms with Gasteiger partial charge in [0.2, 0.25) is 0 Å². The van der Waals surface area contributed by atoms with Gasteiger partial charge in [-0.2, -0.15) is 8.78 Å². The number of ether oxygens (including phenoxy) is 2. The molecule has 0 N–H and O–H groups in total. The maximum Gasteiger partial charge on any atom is 0.387 e. The Labute approximate surface area is 197 Å². The highest BCUT2D eigenvalue weighted by molar-refractivity contribution is 7.99. The zero-order valence-electron chi connectivity index (χ0n) is 17.8. The van der Waals surface area contributed by atoms with Crippen molar-refractivity contribution in [3.05, 3.63) is 84.2 Å². The molecule has 0 aliphatic carbocycles. The fraction of sp³-hybridized carbons (Fsp3) is 0.125. The van der Waals surface area contributed by atoms with Gasteiger partial charge in [0.05, 0.1) is 18.6 Å². The summed E-state index contributed by atoms with van der Waals surface area (Å²) in [7, 11) is 1.56. The van der Waals surface area contributed by atoms with Crippen molar-refractivity contribution < 1.29 is 27.4 Å². The summed E-state index contributed by atoms with van der Waals surface area (Å²) in [5.41, 5.74) is 1.24. The van der Waals surface area contributed by atoms with Crippen LogP contribution in [0.25, 0.3) is 17.1 Å². The lowest BCUT2D eigenvalue weighted by molar-refractivity contribution is -0.0498. The molecule has 6 nitrogen and oxygen atoms in total. The van der Waals surface area contributed by atoms with Crippen molar-refractivity contribution in [3.63, 3.8) is 0 Å². The van der Waals surface area contributed by atoms with Gasteiger partial charge in [-0.1, -0.05) is 23.9 Å². The second kappa shape index (κ2) is 10.4. The van der Waals surface area contributed by atoms with Gasteiger partial charge >= 0.3 is 6.61 Å². The summed E-state index contributed by atoms with van der Waals surface area (Å²) in [6, 6.07) is 18.7. The molecular formula is C24H18F3N3O3S. The zero-order chi connectivity index (χ0) is 24.1. The SMILES string of the molecule is COc1ccc(-c2nnc(SCC(=O)c3ccc(OC(F)F)cc3)n2-c2ccccc2F)cc1. The van der Waals surface area contributed by atoms with Gasteiger partial charge in [-0.15, -0.1) is 10.2 Å². The molecule has 0 amide bonds. The Balaban J connectivity index is 1.61. The number of carbonyl (C=O) groups is 1. The summed E-state index contributed by atoms with van der Waals surface area (Å²) in [6.45, 7) is -2.94. The normalized spacial score (nSPS) is 11.0. The van der Waals surface area contributed by atoms with Gasteiger partial charge in [-0.3, -0.25) is 9.36 Å². The van der Waals surface area contributed by atoms with Gasteiger partial charge in [-0.25, -0.2) is 4.39 Å². The lowest BCUT2D eigenvalue weighted by atomic mass is 10.1. The molecule has 34 heavy (non-hydrogen) atoms. The van der Waals surface area contributed by atoms with Gasteiger partial charge in [-0.05, 0) is 60.7 Å². The molecule has 0 saturated heterocycles. The first-order valence-electron chi connectivity index (χ1n) is 10.0. The van der Waals surface area contributed by atoms with E-state index in [-0.39, 0.29) is 23.0 Å². The smallest absolute Gasteiger partial charge is 0.387 e. The third kappa shape index (κ3) is 5.23. The van der Waals surface area contributed by atoms with Crippen molar-refractivity contribution in [2.45, 2.75) is 11.8 Å². The number of ketones is 1. The number of rotatable bonds is 9. The van der Waals surface area contributed by atoms with E-state index in [2.05, 4.69) is 14.9 Å². The predicted octanol–water partition coefficient (Wildman–Crippen LogP) is 5.66. The molecule has 0 aliphatic heterocycles. The molecule has 0 fully saturated rings. The first-order valence-corrected chi connectivity index (χ1v) is 11.0. The Kier molecular flexibility index (Phi) is 7.17. The third-order valence-corrected chi connectivity index (χ3v) is 5.74. The van der Waals surface area contributed by atoms with Crippen LogP contribution in [0.3, 0.4) is 0 Å². The molecule has 1 aromatic heterocycles. The van der Waals surface area contributed by atoms with Gasteiger partial charge < -0.3 is 9.47 Å². The molecule has 10 heteroatoms. The molecule has 4 aromatic rings. The van der Waals surface area contributed by atoms with Gasteiger partial charge in [0.1, 0.15) is 17.3 Å². The molecule has 0 radical (unpaired) electrons. The van der Waals surface area contributed by atoms with Gasteiger partial charge in [0, 0.05) is 11.1 Å². The second-order valence-corrected chi connectivity index (χ2v) is 7.88. The van der Waals surface area contributed by atoms with Crippen LogP contribution in [0.4, 0.5) is 13.2 Å². The van der Waals surface area contributed by atoms with E-state index in [4.69, 9.17) is 4.74 Å². The molecule has 1 heterocycles. The van der Waals surface area contributed by atoms with Gasteiger partial charge in [0.25, 0.3) is 0 Å². The summed E-state index contributed by atoms with van der Waals surface area (Å²) in [6.07, 6.45) is 0. The Hall–Kier alpha value is -3.79. The van der Waals surface area contributed by atoms with Crippen LogP contribution in [0.5, 0.6) is 11.5 Å². The minimum Gasteiger partial charge on any atom is -0.497 e. The number of Topliss-reactive ketones (excluding diaryl/α,β-unsaturated/α-hetero) is 1. The first-order chi connectivity index (χ1) is 16.5. The average molecular weight is 485 g/mol. The first kappa shape index (κ1) is 23.4. The van der Waals surface area contributed by atoms with Crippen molar-refractivity contribution in [1.29, 1.82) is 0 Å². The van der Waals surface area contributed by atoms with Crippen molar-refractivity contribution >= 4 is 17.5 Å². The molecule has 4 rings (SSSR count). The summed E-state index contributed by atoms with van der Waals surface area (Å²) in [5.74, 6) is 0.261. The number of carbonyl (C=O) groups excluding carboxylic acids is 1. The van der Waals surface area contributed by atoms with E-state index in [1.54, 1.807) is 54.1 Å². The third-order valence-electron chi connectivity index (χ3n) is 4.81. The maximum atomic E-state index is 14.7. The van der Waals surface area contributed by atoms with E-state index in [1.807, 2.05) is 0 Å². The highest BCUT2D eigenvalue weighted by Crippen LogP contribution is 2.30. The van der Waals surface area contributed by atoms with Crippen LogP contribution in [0.1, 0.15) is 10.4 Å². The van der Waals surface area contributed by atoms with Crippen LogP contribution in [-0.2, 0) is 0 Å². The number of alkyl halides is 2. The number of hydrogen-bond donors (Lipinski definition) is 0. The van der Waals surface area contributed by atoms with E-state index in [1.165, 1.54) is 30.3 Å². The number of thioether (sulfide) groups is 1. The lowest BCUT2D eigenvalue weighted by Gasteiger charge is -2.11. The van der Waals surface area contributed by atoms with Crippen molar-refractivity contribution in [3.8, 4) is 28.6 Å². The quantitative estimate of drug-likeness (QED) is 0.225. The molecular weight excluding hydrogens is 467 g/mol. The maximum absolute atomic E-state index is 14.7. The monoisotopic (exact) mass is 485 g/mol. The standard InChI is InChI=1S/C24H18F3N3O3S/c1-32-17-10-8-16(9-11-17)22-28-29-24(30(22)20-5-3-2-4-19(20)25)34-14-21(31)15-6-12-18(13-7-15)33-23(26)27/h2-13,23H,14H2,1H3. The number of halogens is 3. The number of nitrogens with zero attached hydrogens (tertiary/aromatic N) is 3. The van der Waals surface area contributed by atoms with E-state index in [0.29, 0.717) is 27.9 Å². The Morgan fingerprint density at radius 2 is 1.65 bits per heavy atom. The number of para-hydroxylation sites is 1. The van der Waals surface area contributed by atoms with Crippen LogP contribution in [0, 0.1) is 5.82 Å². The molecule has 0 unspecified atom stereocenters. The Bertz CT molecular complexity index is 1280. The summed E-state index contributed by atoms with van der Waals surface area (Å²) < 4.78 is 50.4. The minimum atomic E-state index is -2.94. The van der Waals surface area contributed by atoms with E-state index >= 15 is 0 Å². The van der Waals surface area contributed by atoms with Crippen LogP contribution in [0.2, 0.25) is 0 Å². The summed E-state index contributed by atoms with van der Waals surface area (Å²) >= 11 is 1.09. The molecule has 0 saturated carbocycles. The van der Waals surface area contributed by atoms with Crippen LogP contribution in [0.15, 0.2) is 78.0 Å². The fourth-order valence-electron chi connectivity index (χ4n) is 3.18. The summed E-state index contributed by atoms with van der Waals surface area (Å²) in [4.78, 5) is 12.7. The molecule has 3 aromatic carbocycles. The average Bonchev–Trinajstić information content (AvgIpc) is 3.26. The summed E-state index contributed by atoms with van der Waals surface area (Å²) in [5, 5.41) is 8.74. The van der Waals surface area contributed by atoms with Crippen LogP contribution < -0.4 is 9.47 Å². The van der Waals surface area contributed by atoms with E-state index in [0.717, 1.165) is 11.8 Å². The lowest BCUT2D eigenvalue weighted by Crippen LogP contribution is -2.06. The molecule has 0 bridgehead atoms. The van der Waals surface area contributed by atoms with E-state index < -0.39 is 12.4 Å². The molecule has 174 valence electrons. The topological polar surface area (TPSA) is 66.2 Å². The highest BCUT2D eigenvalue weighted by Gasteiger charge is 2.20. The van der Waals surface area contributed by atoms with Crippen LogP contribution >= 0.6 is 11.8 Å². The second-order valence-electron chi connectivity index (χ2n) is 6.94. The number of hydrogen-bond acceptors (Lipinski definition) is 6. The zero-order valence-corrected chi connectivity index (χ0v) is 18.6. The van der Waals surface area contributed by atoms with Crippen molar-refractivity contribution in [2.75, 3.05) is 12.9 Å². The van der Waals surface area contributed by atoms with Crippen molar-refractivity contribution in [1.82, 2.24) is 14.8 Å². The largest absolute Gasteiger partial charge is 0.497 e. The molecule has 0 atom stereocenters. The number of aromatic nitrogens is 3. The number of benzene rings is 3. The highest BCUT2D eigenvalue weighted by atomic mass is 32.2. The van der Waals surface area contributed by atoms with E-state index in [9.17, 15) is 18.0 Å². The van der Waals surface area contributed by atoms with Crippen LogP contribution in [-0.4, -0.2) is 40.0 Å². The molecule has 0 aliphatic rings. The fourth-order valence-corrected chi connectivity index (χ4v) is 4.02. The molecule has 0 spiro atoms.